The molecule has 0 saturated carbocycles. The number of nitrogens with one attached hydrogen (secondary N) is 1. The van der Waals surface area contributed by atoms with Crippen LogP contribution in [-0.4, -0.2) is 59.3 Å². The molecule has 0 amide bonds. The standard InChI is InChI=1S/C33H46N2O4/c1-30(2)18-26(32(5,6)34-30)20-38-28(36)24-14-10-22(11-15-24)23-12-16-25(17-13-23)29(37)39-21-27-19-31(3,4)35(9)33(27,7)8/h10-17,26-27,34H,18-21H2,1-9H3. The molecule has 0 bridgehead atoms. The zero-order valence-corrected chi connectivity index (χ0v) is 25.2. The summed E-state index contributed by atoms with van der Waals surface area (Å²) in [5, 5.41) is 3.62. The molecule has 0 radical (unpaired) electrons. The third-order valence-electron chi connectivity index (χ3n) is 9.36. The molecular weight excluding hydrogens is 488 g/mol. The van der Waals surface area contributed by atoms with Crippen LogP contribution in [0.3, 0.4) is 0 Å². The topological polar surface area (TPSA) is 67.9 Å². The number of nitrogens with zero attached hydrogens (tertiary/aromatic N) is 1. The van der Waals surface area contributed by atoms with Crippen molar-refractivity contribution < 1.29 is 19.1 Å². The lowest BCUT2D eigenvalue weighted by Crippen LogP contribution is -2.47. The van der Waals surface area contributed by atoms with Crippen LogP contribution in [0.15, 0.2) is 48.5 Å². The van der Waals surface area contributed by atoms with Crippen LogP contribution in [0.5, 0.6) is 0 Å². The highest BCUT2D eigenvalue weighted by Crippen LogP contribution is 2.43. The molecule has 4 rings (SSSR count). The van der Waals surface area contributed by atoms with Crippen LogP contribution in [0.25, 0.3) is 11.1 Å². The van der Waals surface area contributed by atoms with Gasteiger partial charge in [0, 0.05) is 34.0 Å². The molecule has 6 nitrogen and oxygen atoms in total. The Kier molecular flexibility index (Phi) is 7.78. The third-order valence-corrected chi connectivity index (χ3v) is 9.36. The predicted octanol–water partition coefficient (Wildman–Crippen LogP) is 6.34. The summed E-state index contributed by atoms with van der Waals surface area (Å²) in [6.07, 6.45) is 1.95. The Morgan fingerprint density at radius 1 is 0.744 bits per heavy atom. The minimum Gasteiger partial charge on any atom is -0.462 e. The molecule has 2 fully saturated rings. The lowest BCUT2D eigenvalue weighted by Gasteiger charge is -2.38. The quantitative estimate of drug-likeness (QED) is 0.418. The normalized spacial score (nSPS) is 24.8. The smallest absolute Gasteiger partial charge is 0.338 e. The Morgan fingerprint density at radius 3 is 1.54 bits per heavy atom. The van der Waals surface area contributed by atoms with Crippen molar-refractivity contribution in [2.45, 2.75) is 90.4 Å². The SMILES string of the molecule is CN1C(C)(C)CC(COC(=O)c2ccc(-c3ccc(C(=O)OCC4CC(C)(C)NC4(C)C)cc3)cc2)C1(C)C. The summed E-state index contributed by atoms with van der Waals surface area (Å²) in [6, 6.07) is 14.8. The Labute approximate surface area is 234 Å². The maximum absolute atomic E-state index is 12.8. The van der Waals surface area contributed by atoms with Crippen molar-refractivity contribution in [3.05, 3.63) is 59.7 Å². The molecule has 0 aliphatic carbocycles. The number of ether oxygens (including phenoxy) is 2. The minimum atomic E-state index is -0.305. The number of esters is 2. The first kappa shape index (κ1) is 29.3. The summed E-state index contributed by atoms with van der Waals surface area (Å²) in [4.78, 5) is 27.8. The van der Waals surface area contributed by atoms with Crippen molar-refractivity contribution in [2.24, 2.45) is 11.8 Å². The van der Waals surface area contributed by atoms with Gasteiger partial charge in [-0.05, 0) is 111 Å². The summed E-state index contributed by atoms with van der Waals surface area (Å²) in [5.74, 6) is -0.0649. The van der Waals surface area contributed by atoms with Gasteiger partial charge in [0.15, 0.2) is 0 Å². The largest absolute Gasteiger partial charge is 0.462 e. The van der Waals surface area contributed by atoms with Crippen LogP contribution < -0.4 is 5.32 Å². The van der Waals surface area contributed by atoms with Gasteiger partial charge in [0.1, 0.15) is 0 Å². The number of rotatable bonds is 7. The van der Waals surface area contributed by atoms with Crippen molar-refractivity contribution in [2.75, 3.05) is 20.3 Å². The van der Waals surface area contributed by atoms with Crippen LogP contribution in [0, 0.1) is 11.8 Å². The number of benzene rings is 2. The van der Waals surface area contributed by atoms with Gasteiger partial charge in [-0.15, -0.1) is 0 Å². The zero-order chi connectivity index (χ0) is 28.8. The fourth-order valence-electron chi connectivity index (χ4n) is 6.59. The van der Waals surface area contributed by atoms with Crippen molar-refractivity contribution in [1.82, 2.24) is 10.2 Å². The highest BCUT2D eigenvalue weighted by atomic mass is 16.5. The molecule has 2 heterocycles. The van der Waals surface area contributed by atoms with Crippen LogP contribution in [0.1, 0.15) is 88.9 Å². The van der Waals surface area contributed by atoms with Gasteiger partial charge in [0.25, 0.3) is 0 Å². The van der Waals surface area contributed by atoms with Crippen molar-refractivity contribution in [3.8, 4) is 11.1 Å². The van der Waals surface area contributed by atoms with Crippen LogP contribution in [-0.2, 0) is 9.47 Å². The van der Waals surface area contributed by atoms with Gasteiger partial charge < -0.3 is 14.8 Å². The van der Waals surface area contributed by atoms with Gasteiger partial charge in [-0.3, -0.25) is 4.90 Å². The molecule has 0 aromatic heterocycles. The second-order valence-electron chi connectivity index (χ2n) is 13.9. The van der Waals surface area contributed by atoms with E-state index in [0.29, 0.717) is 24.3 Å². The molecule has 2 saturated heterocycles. The summed E-state index contributed by atoms with van der Waals surface area (Å²) in [7, 11) is 2.14. The lowest BCUT2D eigenvalue weighted by molar-refractivity contribution is 0.0326. The van der Waals surface area contributed by atoms with E-state index in [4.69, 9.17) is 9.47 Å². The van der Waals surface area contributed by atoms with Gasteiger partial charge in [0.2, 0.25) is 0 Å². The van der Waals surface area contributed by atoms with Gasteiger partial charge in [0.05, 0.1) is 24.3 Å². The molecule has 0 spiro atoms. The number of hydrogen-bond donors (Lipinski definition) is 1. The molecule has 1 N–H and O–H groups in total. The molecule has 212 valence electrons. The minimum absolute atomic E-state index is 0.0343. The molecule has 39 heavy (non-hydrogen) atoms. The van der Waals surface area contributed by atoms with Crippen molar-refractivity contribution in [1.29, 1.82) is 0 Å². The highest BCUT2D eigenvalue weighted by Gasteiger charge is 2.49. The number of likely N-dealkylation sites (tertiary alicyclic amines) is 1. The van der Waals surface area contributed by atoms with Gasteiger partial charge in [-0.1, -0.05) is 24.3 Å². The average Bonchev–Trinajstić information content (AvgIpc) is 3.18. The number of carbonyl (C=O) groups excluding carboxylic acids is 2. The summed E-state index contributed by atoms with van der Waals surface area (Å²) in [5.41, 5.74) is 3.01. The first-order valence-electron chi connectivity index (χ1n) is 14.1. The van der Waals surface area contributed by atoms with Gasteiger partial charge in [-0.25, -0.2) is 9.59 Å². The van der Waals surface area contributed by atoms with Crippen LogP contribution >= 0.6 is 0 Å². The molecule has 2 atom stereocenters. The predicted molar refractivity (Wildman–Crippen MR) is 156 cm³/mol. The van der Waals surface area contributed by atoms with E-state index in [9.17, 15) is 9.59 Å². The van der Waals surface area contributed by atoms with E-state index >= 15 is 0 Å². The Balaban J connectivity index is 1.32. The Morgan fingerprint density at radius 2 is 1.18 bits per heavy atom. The fraction of sp³-hybridized carbons (Fsp3) is 0.576. The number of carbonyl (C=O) groups is 2. The second kappa shape index (κ2) is 10.4. The van der Waals surface area contributed by atoms with Crippen molar-refractivity contribution in [3.63, 3.8) is 0 Å². The maximum Gasteiger partial charge on any atom is 0.338 e. The lowest BCUT2D eigenvalue weighted by atomic mass is 9.87. The average molecular weight is 535 g/mol. The molecule has 2 aromatic rings. The van der Waals surface area contributed by atoms with Gasteiger partial charge in [-0.2, -0.15) is 0 Å². The molecule has 2 aliphatic heterocycles. The summed E-state index contributed by atoms with van der Waals surface area (Å²) < 4.78 is 11.4. The first-order valence-corrected chi connectivity index (χ1v) is 14.1. The van der Waals surface area contributed by atoms with Crippen LogP contribution in [0.4, 0.5) is 0 Å². The van der Waals surface area contributed by atoms with E-state index in [-0.39, 0.29) is 45.9 Å². The highest BCUT2D eigenvalue weighted by molar-refractivity contribution is 5.91. The second-order valence-corrected chi connectivity index (χ2v) is 13.9. The Hall–Kier alpha value is -2.70. The monoisotopic (exact) mass is 534 g/mol. The van der Waals surface area contributed by atoms with E-state index in [0.717, 1.165) is 24.0 Å². The summed E-state index contributed by atoms with van der Waals surface area (Å²) in [6.45, 7) is 18.4. The summed E-state index contributed by atoms with van der Waals surface area (Å²) >= 11 is 0. The first-order chi connectivity index (χ1) is 18.0. The molecule has 2 aliphatic rings. The maximum atomic E-state index is 12.8. The molecule has 2 aromatic carbocycles. The van der Waals surface area contributed by atoms with Gasteiger partial charge >= 0.3 is 11.9 Å². The van der Waals surface area contributed by atoms with Crippen LogP contribution in [0.2, 0.25) is 0 Å². The molecule has 2 unspecified atom stereocenters. The van der Waals surface area contributed by atoms with Crippen molar-refractivity contribution >= 4 is 11.9 Å². The Bertz CT molecular complexity index is 1200. The van der Waals surface area contributed by atoms with E-state index in [1.807, 2.05) is 24.3 Å². The fourth-order valence-corrected chi connectivity index (χ4v) is 6.59. The van der Waals surface area contributed by atoms with E-state index in [2.05, 4.69) is 72.7 Å². The zero-order valence-electron chi connectivity index (χ0n) is 25.2. The van der Waals surface area contributed by atoms with E-state index in [1.54, 1.807) is 24.3 Å². The van der Waals surface area contributed by atoms with E-state index in [1.165, 1.54) is 0 Å². The molecule has 6 heteroatoms. The molecular formula is C33H46N2O4. The number of hydrogen-bond acceptors (Lipinski definition) is 6. The third kappa shape index (κ3) is 6.22. The van der Waals surface area contributed by atoms with E-state index < -0.39 is 0 Å².